The number of hydrogen-bond acceptors (Lipinski definition) is 3. The predicted molar refractivity (Wildman–Crippen MR) is 82.8 cm³/mol. The van der Waals surface area contributed by atoms with Crippen molar-refractivity contribution in [1.29, 1.82) is 0 Å². The fraction of sp³-hybridized carbons (Fsp3) is 0.857. The molecule has 1 unspecified atom stereocenters. The highest BCUT2D eigenvalue weighted by Gasteiger charge is 2.25. The van der Waals surface area contributed by atoms with Crippen LogP contribution in [0.4, 0.5) is 0 Å². The van der Waals surface area contributed by atoms with Crippen molar-refractivity contribution in [3.05, 3.63) is 0 Å². The number of carbonyl (C=O) groups is 2. The van der Waals surface area contributed by atoms with Crippen LogP contribution in [-0.2, 0) is 9.59 Å². The number of likely N-dealkylation sites (tertiary alicyclic amines) is 1. The first-order valence-corrected chi connectivity index (χ1v) is 7.44. The highest BCUT2D eigenvalue weighted by atomic mass is 35.5. The van der Waals surface area contributed by atoms with E-state index in [1.54, 1.807) is 0 Å². The number of unbranched alkanes of at least 4 members (excludes halogenated alkanes) is 3. The lowest BCUT2D eigenvalue weighted by molar-refractivity contribution is -0.130. The van der Waals surface area contributed by atoms with Crippen LogP contribution in [0.5, 0.6) is 0 Å². The van der Waals surface area contributed by atoms with Gasteiger partial charge in [0, 0.05) is 32.0 Å². The van der Waals surface area contributed by atoms with Gasteiger partial charge in [0.2, 0.25) is 11.8 Å². The number of halogens is 1. The Balaban J connectivity index is 0.00000361. The Bertz CT molecular complexity index is 300. The predicted octanol–water partition coefficient (Wildman–Crippen LogP) is 1.44. The fourth-order valence-electron chi connectivity index (χ4n) is 2.41. The van der Waals surface area contributed by atoms with Gasteiger partial charge in [0.1, 0.15) is 0 Å². The van der Waals surface area contributed by atoms with Gasteiger partial charge in [-0.15, -0.1) is 12.4 Å². The first-order chi connectivity index (χ1) is 9.17. The molecule has 20 heavy (non-hydrogen) atoms. The summed E-state index contributed by atoms with van der Waals surface area (Å²) in [4.78, 5) is 25.1. The number of rotatable bonds is 8. The SMILES string of the molecule is CCC(=O)N1CCC(NC(=O)CCCCCCN)C1.Cl. The van der Waals surface area contributed by atoms with Crippen LogP contribution in [0.2, 0.25) is 0 Å². The lowest BCUT2D eigenvalue weighted by Crippen LogP contribution is -2.38. The van der Waals surface area contributed by atoms with E-state index >= 15 is 0 Å². The molecular weight excluding hydrogens is 278 g/mol. The van der Waals surface area contributed by atoms with Gasteiger partial charge in [0.25, 0.3) is 0 Å². The summed E-state index contributed by atoms with van der Waals surface area (Å²) < 4.78 is 0. The summed E-state index contributed by atoms with van der Waals surface area (Å²) in [6.45, 7) is 4.05. The molecule has 1 fully saturated rings. The third kappa shape index (κ3) is 7.10. The lowest BCUT2D eigenvalue weighted by Gasteiger charge is -2.16. The summed E-state index contributed by atoms with van der Waals surface area (Å²) >= 11 is 0. The molecule has 1 aliphatic rings. The van der Waals surface area contributed by atoms with Crippen LogP contribution in [0.15, 0.2) is 0 Å². The first-order valence-electron chi connectivity index (χ1n) is 7.44. The molecular formula is C14H28ClN3O2. The van der Waals surface area contributed by atoms with Crippen LogP contribution >= 0.6 is 12.4 Å². The van der Waals surface area contributed by atoms with E-state index in [1.807, 2.05) is 11.8 Å². The minimum Gasteiger partial charge on any atom is -0.352 e. The monoisotopic (exact) mass is 305 g/mol. The average molecular weight is 306 g/mol. The zero-order valence-electron chi connectivity index (χ0n) is 12.4. The van der Waals surface area contributed by atoms with Crippen molar-refractivity contribution in [1.82, 2.24) is 10.2 Å². The molecule has 3 N–H and O–H groups in total. The minimum absolute atomic E-state index is 0. The van der Waals surface area contributed by atoms with Crippen molar-refractivity contribution in [2.24, 2.45) is 5.73 Å². The maximum Gasteiger partial charge on any atom is 0.222 e. The molecule has 1 aliphatic heterocycles. The molecule has 1 rings (SSSR count). The van der Waals surface area contributed by atoms with Gasteiger partial charge in [0.15, 0.2) is 0 Å². The smallest absolute Gasteiger partial charge is 0.222 e. The van der Waals surface area contributed by atoms with Gasteiger partial charge in [-0.3, -0.25) is 9.59 Å². The van der Waals surface area contributed by atoms with Crippen LogP contribution in [-0.4, -0.2) is 42.4 Å². The van der Waals surface area contributed by atoms with Crippen molar-refractivity contribution in [2.45, 2.75) is 57.9 Å². The Labute approximate surface area is 128 Å². The van der Waals surface area contributed by atoms with E-state index < -0.39 is 0 Å². The van der Waals surface area contributed by atoms with Gasteiger partial charge in [-0.2, -0.15) is 0 Å². The Morgan fingerprint density at radius 3 is 2.60 bits per heavy atom. The van der Waals surface area contributed by atoms with Crippen LogP contribution in [0.3, 0.4) is 0 Å². The van der Waals surface area contributed by atoms with Gasteiger partial charge < -0.3 is 16.0 Å². The number of nitrogens with zero attached hydrogens (tertiary/aromatic N) is 1. The van der Waals surface area contributed by atoms with Crippen LogP contribution < -0.4 is 11.1 Å². The van der Waals surface area contributed by atoms with Crippen molar-refractivity contribution in [2.75, 3.05) is 19.6 Å². The number of amides is 2. The molecule has 6 heteroatoms. The summed E-state index contributed by atoms with van der Waals surface area (Å²) in [6, 6.07) is 0.145. The highest BCUT2D eigenvalue weighted by Crippen LogP contribution is 2.11. The molecule has 0 saturated carbocycles. The highest BCUT2D eigenvalue weighted by molar-refractivity contribution is 5.85. The number of carbonyl (C=O) groups excluding carboxylic acids is 2. The van der Waals surface area contributed by atoms with Crippen molar-refractivity contribution >= 4 is 24.2 Å². The summed E-state index contributed by atoms with van der Waals surface area (Å²) in [5.41, 5.74) is 5.42. The third-order valence-electron chi connectivity index (χ3n) is 3.57. The third-order valence-corrected chi connectivity index (χ3v) is 3.57. The molecule has 0 aromatic rings. The molecule has 5 nitrogen and oxygen atoms in total. The molecule has 0 aliphatic carbocycles. The molecule has 0 aromatic carbocycles. The van der Waals surface area contributed by atoms with Gasteiger partial charge in [0.05, 0.1) is 0 Å². The average Bonchev–Trinajstić information content (AvgIpc) is 2.86. The van der Waals surface area contributed by atoms with E-state index in [9.17, 15) is 9.59 Å². The zero-order valence-corrected chi connectivity index (χ0v) is 13.2. The van der Waals surface area contributed by atoms with Crippen molar-refractivity contribution in [3.8, 4) is 0 Å². The molecule has 1 atom stereocenters. The molecule has 1 heterocycles. The molecule has 0 radical (unpaired) electrons. The van der Waals surface area contributed by atoms with E-state index in [0.29, 0.717) is 19.4 Å². The van der Waals surface area contributed by atoms with Gasteiger partial charge >= 0.3 is 0 Å². The number of hydrogen-bond donors (Lipinski definition) is 2. The van der Waals surface area contributed by atoms with E-state index in [-0.39, 0.29) is 30.3 Å². The fourth-order valence-corrected chi connectivity index (χ4v) is 2.41. The summed E-state index contributed by atoms with van der Waals surface area (Å²) in [6.07, 6.45) is 6.14. The normalized spacial score (nSPS) is 17.7. The van der Waals surface area contributed by atoms with Crippen molar-refractivity contribution in [3.63, 3.8) is 0 Å². The second kappa shape index (κ2) is 10.9. The second-order valence-electron chi connectivity index (χ2n) is 5.20. The second-order valence-corrected chi connectivity index (χ2v) is 5.20. The van der Waals surface area contributed by atoms with Crippen LogP contribution in [0.25, 0.3) is 0 Å². The molecule has 2 amide bonds. The molecule has 0 spiro atoms. The standard InChI is InChI=1S/C14H27N3O2.ClH/c1-2-14(19)17-10-8-12(11-17)16-13(18)7-5-3-4-6-9-15;/h12H,2-11,15H2,1H3,(H,16,18);1H. The van der Waals surface area contributed by atoms with E-state index in [0.717, 1.165) is 45.2 Å². The van der Waals surface area contributed by atoms with E-state index in [1.165, 1.54) is 0 Å². The van der Waals surface area contributed by atoms with E-state index in [4.69, 9.17) is 5.73 Å². The van der Waals surface area contributed by atoms with Gasteiger partial charge in [-0.05, 0) is 25.8 Å². The Hall–Kier alpha value is -0.810. The Morgan fingerprint density at radius 2 is 1.95 bits per heavy atom. The van der Waals surface area contributed by atoms with Crippen LogP contribution in [0.1, 0.15) is 51.9 Å². The topological polar surface area (TPSA) is 75.4 Å². The first kappa shape index (κ1) is 19.2. The molecule has 1 saturated heterocycles. The van der Waals surface area contributed by atoms with Crippen molar-refractivity contribution < 1.29 is 9.59 Å². The molecule has 0 aromatic heterocycles. The largest absolute Gasteiger partial charge is 0.352 e. The Morgan fingerprint density at radius 1 is 1.25 bits per heavy atom. The van der Waals surface area contributed by atoms with E-state index in [2.05, 4.69) is 5.32 Å². The Kier molecular flexibility index (Phi) is 10.5. The lowest BCUT2D eigenvalue weighted by atomic mass is 10.1. The van der Waals surface area contributed by atoms with Gasteiger partial charge in [-0.25, -0.2) is 0 Å². The summed E-state index contributed by atoms with van der Waals surface area (Å²) in [5.74, 6) is 0.294. The molecule has 118 valence electrons. The number of nitrogens with one attached hydrogen (secondary N) is 1. The summed E-state index contributed by atoms with van der Waals surface area (Å²) in [5, 5.41) is 3.02. The quantitative estimate of drug-likeness (QED) is 0.666. The van der Waals surface area contributed by atoms with Gasteiger partial charge in [-0.1, -0.05) is 19.8 Å². The minimum atomic E-state index is 0. The zero-order chi connectivity index (χ0) is 14.1. The van der Waals surface area contributed by atoms with Crippen LogP contribution in [0, 0.1) is 0 Å². The summed E-state index contributed by atoms with van der Waals surface area (Å²) in [7, 11) is 0. The maximum atomic E-state index is 11.7. The number of nitrogens with two attached hydrogens (primary N) is 1. The molecule has 0 bridgehead atoms. The maximum absolute atomic E-state index is 11.7.